The standard InChI is InChI=1S/C32H54N6O6/c1-31(2,3)23(19-37-17-8-7-14-24(37)39)35-30(44)36-26(32(4,5)6)29(43)38-18-10-13-22(38)28(42)34-21(25(40)27(33)41)12-9-11-20-15-16-20/h20-23,26H,7-19H2,1-6H3,(H2,33,41)(H,34,42)(H2,35,36,44)/t21?,22-,23+,26+/m0/s1. The third-order valence-corrected chi connectivity index (χ3v) is 9.08. The number of ketones is 1. The molecule has 1 aliphatic carbocycles. The highest BCUT2D eigenvalue weighted by Crippen LogP contribution is 2.34. The molecule has 248 valence electrons. The van der Waals surface area contributed by atoms with Crippen molar-refractivity contribution >= 4 is 35.4 Å². The Balaban J connectivity index is 1.69. The Bertz CT molecular complexity index is 1090. The van der Waals surface area contributed by atoms with Crippen LogP contribution in [0.25, 0.3) is 0 Å². The molecule has 3 fully saturated rings. The summed E-state index contributed by atoms with van der Waals surface area (Å²) in [6, 6.07) is -3.69. The number of urea groups is 1. The Labute approximate surface area is 262 Å². The van der Waals surface area contributed by atoms with Gasteiger partial charge in [-0.2, -0.15) is 0 Å². The van der Waals surface area contributed by atoms with E-state index in [1.165, 1.54) is 4.90 Å². The first-order valence-electron chi connectivity index (χ1n) is 16.3. The van der Waals surface area contributed by atoms with E-state index in [1.807, 2.05) is 41.5 Å². The molecule has 4 atom stereocenters. The minimum Gasteiger partial charge on any atom is -0.363 e. The molecule has 5 N–H and O–H groups in total. The molecule has 0 aromatic rings. The molecule has 1 saturated carbocycles. The van der Waals surface area contributed by atoms with Gasteiger partial charge >= 0.3 is 6.03 Å². The van der Waals surface area contributed by atoms with Crippen molar-refractivity contribution in [1.82, 2.24) is 25.8 Å². The number of Topliss-reactive ketones (excluding diaryl/α,β-unsaturated/α-hetero) is 1. The fraction of sp³-hybridized carbons (Fsp3) is 0.812. The number of nitrogens with one attached hydrogen (secondary N) is 3. The molecule has 2 heterocycles. The van der Waals surface area contributed by atoms with Crippen LogP contribution in [0.3, 0.4) is 0 Å². The molecule has 0 bridgehead atoms. The molecule has 2 saturated heterocycles. The molecule has 0 spiro atoms. The average molecular weight is 619 g/mol. The SMILES string of the molecule is CC(C)(C)[C@H](NC(=O)N[C@H](CN1CCCCC1=O)C(C)(C)C)C(=O)N1CCC[C@H]1C(=O)NC(CCCC1CC1)C(=O)C(N)=O. The van der Waals surface area contributed by atoms with Crippen molar-refractivity contribution in [3.8, 4) is 0 Å². The monoisotopic (exact) mass is 618 g/mol. The van der Waals surface area contributed by atoms with E-state index in [4.69, 9.17) is 5.73 Å². The molecular weight excluding hydrogens is 564 g/mol. The van der Waals surface area contributed by atoms with Crippen LogP contribution < -0.4 is 21.7 Å². The highest BCUT2D eigenvalue weighted by atomic mass is 16.2. The van der Waals surface area contributed by atoms with Gasteiger partial charge < -0.3 is 31.5 Å². The lowest BCUT2D eigenvalue weighted by Gasteiger charge is -2.39. The van der Waals surface area contributed by atoms with Crippen LogP contribution in [0.1, 0.15) is 106 Å². The van der Waals surface area contributed by atoms with Gasteiger partial charge in [0.1, 0.15) is 12.1 Å². The van der Waals surface area contributed by atoms with Crippen molar-refractivity contribution in [3.05, 3.63) is 0 Å². The number of rotatable bonds is 13. The van der Waals surface area contributed by atoms with Crippen LogP contribution in [0.5, 0.6) is 0 Å². The van der Waals surface area contributed by atoms with Gasteiger partial charge in [0.25, 0.3) is 5.91 Å². The number of likely N-dealkylation sites (tertiary alicyclic amines) is 2. The molecule has 0 radical (unpaired) electrons. The van der Waals surface area contributed by atoms with Gasteiger partial charge in [0.05, 0.1) is 12.1 Å². The molecule has 0 aromatic heterocycles. The maximum absolute atomic E-state index is 14.0. The third-order valence-electron chi connectivity index (χ3n) is 9.08. The first-order valence-corrected chi connectivity index (χ1v) is 16.3. The zero-order valence-electron chi connectivity index (χ0n) is 27.5. The molecule has 12 nitrogen and oxygen atoms in total. The normalized spacial score (nSPS) is 21.3. The molecule has 3 aliphatic rings. The molecule has 12 heteroatoms. The van der Waals surface area contributed by atoms with E-state index in [0.717, 1.165) is 32.1 Å². The summed E-state index contributed by atoms with van der Waals surface area (Å²) in [5.74, 6) is -2.11. The van der Waals surface area contributed by atoms with Crippen LogP contribution >= 0.6 is 0 Å². The maximum atomic E-state index is 14.0. The summed E-state index contributed by atoms with van der Waals surface area (Å²) >= 11 is 0. The summed E-state index contributed by atoms with van der Waals surface area (Å²) in [7, 11) is 0. The first kappa shape index (κ1) is 35.3. The fourth-order valence-electron chi connectivity index (χ4n) is 5.99. The van der Waals surface area contributed by atoms with E-state index >= 15 is 0 Å². The highest BCUT2D eigenvalue weighted by Gasteiger charge is 2.43. The maximum Gasteiger partial charge on any atom is 0.315 e. The second kappa shape index (κ2) is 14.7. The number of carbonyl (C=O) groups is 6. The zero-order chi connectivity index (χ0) is 32.8. The highest BCUT2D eigenvalue weighted by molar-refractivity contribution is 6.37. The van der Waals surface area contributed by atoms with Crippen molar-refractivity contribution in [2.24, 2.45) is 22.5 Å². The van der Waals surface area contributed by atoms with E-state index < -0.39 is 53.1 Å². The molecule has 6 amide bonds. The van der Waals surface area contributed by atoms with E-state index in [1.54, 1.807) is 4.90 Å². The summed E-state index contributed by atoms with van der Waals surface area (Å²) in [6.07, 6.45) is 7.54. The van der Waals surface area contributed by atoms with Gasteiger partial charge in [0.15, 0.2) is 0 Å². The number of amides is 6. The lowest BCUT2D eigenvalue weighted by atomic mass is 9.85. The molecule has 1 unspecified atom stereocenters. The Morgan fingerprint density at radius 1 is 0.886 bits per heavy atom. The number of nitrogens with zero attached hydrogens (tertiary/aromatic N) is 2. The summed E-state index contributed by atoms with van der Waals surface area (Å²) in [5.41, 5.74) is 4.23. The predicted octanol–water partition coefficient (Wildman–Crippen LogP) is 2.24. The Kier molecular flexibility index (Phi) is 11.8. The van der Waals surface area contributed by atoms with Crippen LogP contribution in [-0.2, 0) is 24.0 Å². The van der Waals surface area contributed by atoms with Gasteiger partial charge in [0.2, 0.25) is 23.5 Å². The lowest BCUT2D eigenvalue weighted by molar-refractivity contribution is -0.143. The predicted molar refractivity (Wildman–Crippen MR) is 166 cm³/mol. The number of primary amides is 1. The number of piperidine rings is 1. The topological polar surface area (TPSA) is 171 Å². The van der Waals surface area contributed by atoms with Gasteiger partial charge in [-0.15, -0.1) is 0 Å². The third kappa shape index (κ3) is 9.92. The molecule has 2 aliphatic heterocycles. The molecule has 44 heavy (non-hydrogen) atoms. The smallest absolute Gasteiger partial charge is 0.315 e. The summed E-state index contributed by atoms with van der Waals surface area (Å²) in [5, 5.41) is 8.59. The summed E-state index contributed by atoms with van der Waals surface area (Å²) in [4.78, 5) is 80.7. The van der Waals surface area contributed by atoms with E-state index in [-0.39, 0.29) is 17.4 Å². The molecule has 3 rings (SSSR count). The lowest BCUT2D eigenvalue weighted by Crippen LogP contribution is -2.62. The molecular formula is C32H54N6O6. The second-order valence-electron chi connectivity index (χ2n) is 15.0. The minimum atomic E-state index is -1.10. The Hall–Kier alpha value is -3.18. The Morgan fingerprint density at radius 2 is 1.57 bits per heavy atom. The van der Waals surface area contributed by atoms with Crippen molar-refractivity contribution in [2.45, 2.75) is 130 Å². The summed E-state index contributed by atoms with van der Waals surface area (Å²) in [6.45, 7) is 12.9. The van der Waals surface area contributed by atoms with E-state index in [0.29, 0.717) is 57.7 Å². The van der Waals surface area contributed by atoms with Crippen LogP contribution in [0.4, 0.5) is 4.79 Å². The van der Waals surface area contributed by atoms with Crippen molar-refractivity contribution in [3.63, 3.8) is 0 Å². The molecule has 0 aromatic carbocycles. The van der Waals surface area contributed by atoms with Crippen molar-refractivity contribution < 1.29 is 28.8 Å². The summed E-state index contributed by atoms with van der Waals surface area (Å²) < 4.78 is 0. The first-order chi connectivity index (χ1) is 20.5. The minimum absolute atomic E-state index is 0.0801. The average Bonchev–Trinajstić information content (AvgIpc) is 3.61. The number of hydrogen-bond donors (Lipinski definition) is 4. The van der Waals surface area contributed by atoms with Crippen LogP contribution in [0, 0.1) is 16.7 Å². The fourth-order valence-corrected chi connectivity index (χ4v) is 5.99. The van der Waals surface area contributed by atoms with Gasteiger partial charge in [0, 0.05) is 26.1 Å². The van der Waals surface area contributed by atoms with Crippen LogP contribution in [-0.4, -0.2) is 89.0 Å². The largest absolute Gasteiger partial charge is 0.363 e. The van der Waals surface area contributed by atoms with Crippen LogP contribution in [0.2, 0.25) is 0 Å². The van der Waals surface area contributed by atoms with Crippen molar-refractivity contribution in [2.75, 3.05) is 19.6 Å². The van der Waals surface area contributed by atoms with Gasteiger partial charge in [-0.05, 0) is 48.9 Å². The van der Waals surface area contributed by atoms with Crippen LogP contribution in [0.15, 0.2) is 0 Å². The van der Waals surface area contributed by atoms with Gasteiger partial charge in [-0.1, -0.05) is 67.2 Å². The van der Waals surface area contributed by atoms with E-state index in [9.17, 15) is 28.8 Å². The quantitative estimate of drug-likeness (QED) is 0.231. The van der Waals surface area contributed by atoms with Gasteiger partial charge in [-0.25, -0.2) is 4.79 Å². The van der Waals surface area contributed by atoms with Gasteiger partial charge in [-0.3, -0.25) is 24.0 Å². The Morgan fingerprint density at radius 3 is 2.14 bits per heavy atom. The number of carbonyl (C=O) groups excluding carboxylic acids is 6. The van der Waals surface area contributed by atoms with Crippen molar-refractivity contribution in [1.29, 1.82) is 0 Å². The second-order valence-corrected chi connectivity index (χ2v) is 15.0. The number of nitrogens with two attached hydrogens (primary N) is 1. The van der Waals surface area contributed by atoms with E-state index in [2.05, 4.69) is 16.0 Å². The zero-order valence-corrected chi connectivity index (χ0v) is 27.5. The number of hydrogen-bond acceptors (Lipinski definition) is 6.